The van der Waals surface area contributed by atoms with Crippen LogP contribution in [0.3, 0.4) is 0 Å². The summed E-state index contributed by atoms with van der Waals surface area (Å²) in [6, 6.07) is 2.85. The highest BCUT2D eigenvalue weighted by atomic mass is 19.1. The van der Waals surface area contributed by atoms with Gasteiger partial charge in [0.15, 0.2) is 0 Å². The minimum atomic E-state index is -1.07. The van der Waals surface area contributed by atoms with E-state index in [1.165, 1.54) is 22.8 Å². The summed E-state index contributed by atoms with van der Waals surface area (Å²) in [6.07, 6.45) is 0.333. The van der Waals surface area contributed by atoms with Gasteiger partial charge in [-0.3, -0.25) is 4.57 Å². The van der Waals surface area contributed by atoms with Gasteiger partial charge in [0.05, 0.1) is 11.0 Å². The summed E-state index contributed by atoms with van der Waals surface area (Å²) in [4.78, 5) is 25.7. The second-order valence-corrected chi connectivity index (χ2v) is 4.95. The van der Waals surface area contributed by atoms with Crippen molar-refractivity contribution in [2.24, 2.45) is 5.92 Å². The second-order valence-electron chi connectivity index (χ2n) is 4.95. The van der Waals surface area contributed by atoms with Gasteiger partial charge in [0.2, 0.25) is 0 Å². The molecule has 6 heteroatoms. The summed E-state index contributed by atoms with van der Waals surface area (Å²) in [5.74, 6) is -1.42. The number of carboxylic acid groups (broad SMARTS) is 1. The van der Waals surface area contributed by atoms with Crippen LogP contribution in [0.15, 0.2) is 23.0 Å². The van der Waals surface area contributed by atoms with Gasteiger partial charge in [-0.15, -0.1) is 0 Å². The van der Waals surface area contributed by atoms with Crippen molar-refractivity contribution in [1.82, 2.24) is 9.55 Å². The van der Waals surface area contributed by atoms with Crippen molar-refractivity contribution in [1.29, 1.82) is 0 Å². The molecule has 19 heavy (non-hydrogen) atoms. The molecular weight excluding hydrogens is 251 g/mol. The number of imidazole rings is 1. The van der Waals surface area contributed by atoms with Gasteiger partial charge in [-0.25, -0.2) is 14.0 Å². The average molecular weight is 266 g/mol. The standard InChI is InChI=1S/C13H15FN2O3/c1-7(2)5-11(12(17)18)16-10-4-3-8(14)6-9(10)15-13(16)19/h3-4,6-7,11H,5H2,1-2H3,(H,15,19)(H,17,18). The SMILES string of the molecule is CC(C)CC(C(=O)O)n1c(=O)[nH]c2cc(F)ccc21. The summed E-state index contributed by atoms with van der Waals surface area (Å²) < 4.78 is 14.3. The van der Waals surface area contributed by atoms with Crippen LogP contribution in [0.4, 0.5) is 4.39 Å². The van der Waals surface area contributed by atoms with E-state index in [2.05, 4.69) is 4.98 Å². The van der Waals surface area contributed by atoms with Gasteiger partial charge in [0.25, 0.3) is 0 Å². The van der Waals surface area contributed by atoms with E-state index in [1.54, 1.807) is 0 Å². The zero-order valence-electron chi connectivity index (χ0n) is 10.7. The smallest absolute Gasteiger partial charge is 0.327 e. The largest absolute Gasteiger partial charge is 0.480 e. The minimum absolute atomic E-state index is 0.124. The molecule has 1 aromatic heterocycles. The van der Waals surface area contributed by atoms with Gasteiger partial charge in [0.1, 0.15) is 11.9 Å². The molecule has 5 nitrogen and oxygen atoms in total. The molecule has 0 saturated carbocycles. The summed E-state index contributed by atoms with van der Waals surface area (Å²) in [7, 11) is 0. The fourth-order valence-corrected chi connectivity index (χ4v) is 2.18. The Hall–Kier alpha value is -2.11. The number of rotatable bonds is 4. The molecule has 0 aliphatic carbocycles. The number of fused-ring (bicyclic) bond motifs is 1. The topological polar surface area (TPSA) is 75.1 Å². The number of aromatic amines is 1. The summed E-state index contributed by atoms with van der Waals surface area (Å²) >= 11 is 0. The quantitative estimate of drug-likeness (QED) is 0.890. The van der Waals surface area contributed by atoms with Crippen LogP contribution >= 0.6 is 0 Å². The van der Waals surface area contributed by atoms with E-state index >= 15 is 0 Å². The van der Waals surface area contributed by atoms with Crippen molar-refractivity contribution < 1.29 is 14.3 Å². The molecule has 2 rings (SSSR count). The van der Waals surface area contributed by atoms with E-state index in [1.807, 2.05) is 13.8 Å². The Balaban J connectivity index is 2.62. The lowest BCUT2D eigenvalue weighted by molar-refractivity contribution is -0.141. The molecule has 0 bridgehead atoms. The van der Waals surface area contributed by atoms with Crippen LogP contribution < -0.4 is 5.69 Å². The van der Waals surface area contributed by atoms with Crippen molar-refractivity contribution >= 4 is 17.0 Å². The summed E-state index contributed by atoms with van der Waals surface area (Å²) in [6.45, 7) is 3.77. The first-order chi connectivity index (χ1) is 8.90. The maximum Gasteiger partial charge on any atom is 0.327 e. The summed E-state index contributed by atoms with van der Waals surface area (Å²) in [5.41, 5.74) is 0.174. The van der Waals surface area contributed by atoms with Gasteiger partial charge >= 0.3 is 11.7 Å². The maximum absolute atomic E-state index is 13.1. The summed E-state index contributed by atoms with van der Waals surface area (Å²) in [5, 5.41) is 9.28. The lowest BCUT2D eigenvalue weighted by Crippen LogP contribution is -2.29. The third-order valence-corrected chi connectivity index (χ3v) is 2.97. The lowest BCUT2D eigenvalue weighted by Gasteiger charge is -2.16. The molecule has 0 amide bonds. The van der Waals surface area contributed by atoms with Gasteiger partial charge in [-0.2, -0.15) is 0 Å². The van der Waals surface area contributed by atoms with Gasteiger partial charge in [-0.1, -0.05) is 13.8 Å². The molecule has 1 aromatic carbocycles. The van der Waals surface area contributed by atoms with Crippen LogP contribution in [0.5, 0.6) is 0 Å². The van der Waals surface area contributed by atoms with Crippen LogP contribution in [0.25, 0.3) is 11.0 Å². The van der Waals surface area contributed by atoms with E-state index < -0.39 is 23.5 Å². The van der Waals surface area contributed by atoms with Gasteiger partial charge < -0.3 is 10.1 Å². The zero-order valence-corrected chi connectivity index (χ0v) is 10.7. The third kappa shape index (κ3) is 2.52. The zero-order chi connectivity index (χ0) is 14.2. The first-order valence-corrected chi connectivity index (χ1v) is 6.02. The molecule has 0 aliphatic rings. The van der Waals surface area contributed by atoms with Crippen LogP contribution in [-0.2, 0) is 4.79 Å². The molecule has 0 radical (unpaired) electrons. The highest BCUT2D eigenvalue weighted by molar-refractivity contribution is 5.79. The predicted molar refractivity (Wildman–Crippen MR) is 68.6 cm³/mol. The highest BCUT2D eigenvalue weighted by Crippen LogP contribution is 2.21. The Kier molecular flexibility index (Phi) is 3.42. The first-order valence-electron chi connectivity index (χ1n) is 6.02. The number of nitrogens with zero attached hydrogens (tertiary/aromatic N) is 1. The van der Waals surface area contributed by atoms with E-state index in [-0.39, 0.29) is 5.92 Å². The van der Waals surface area contributed by atoms with Crippen LogP contribution in [0.1, 0.15) is 26.3 Å². The van der Waals surface area contributed by atoms with Gasteiger partial charge in [-0.05, 0) is 30.5 Å². The number of carboxylic acids is 1. The highest BCUT2D eigenvalue weighted by Gasteiger charge is 2.24. The van der Waals surface area contributed by atoms with E-state index in [9.17, 15) is 19.1 Å². The van der Waals surface area contributed by atoms with E-state index in [0.29, 0.717) is 17.5 Å². The molecule has 0 aliphatic heterocycles. The number of benzene rings is 1. The van der Waals surface area contributed by atoms with E-state index in [4.69, 9.17) is 0 Å². The Bertz CT molecular complexity index is 672. The van der Waals surface area contributed by atoms with Crippen molar-refractivity contribution in [3.05, 3.63) is 34.5 Å². The molecule has 0 spiro atoms. The fraction of sp³-hybridized carbons (Fsp3) is 0.385. The second kappa shape index (κ2) is 4.87. The molecule has 2 N–H and O–H groups in total. The molecule has 0 saturated heterocycles. The molecule has 2 aromatic rings. The van der Waals surface area contributed by atoms with Crippen molar-refractivity contribution in [3.63, 3.8) is 0 Å². The number of halogens is 1. The Morgan fingerprint density at radius 2 is 2.16 bits per heavy atom. The maximum atomic E-state index is 13.1. The fourth-order valence-electron chi connectivity index (χ4n) is 2.18. The number of hydrogen-bond acceptors (Lipinski definition) is 2. The van der Waals surface area contributed by atoms with Crippen LogP contribution in [-0.4, -0.2) is 20.6 Å². The van der Waals surface area contributed by atoms with Crippen LogP contribution in [0.2, 0.25) is 0 Å². The molecular formula is C13H15FN2O3. The molecule has 1 atom stereocenters. The molecule has 1 unspecified atom stereocenters. The third-order valence-electron chi connectivity index (χ3n) is 2.97. The monoisotopic (exact) mass is 266 g/mol. The van der Waals surface area contributed by atoms with Crippen molar-refractivity contribution in [2.75, 3.05) is 0 Å². The number of carbonyl (C=O) groups is 1. The lowest BCUT2D eigenvalue weighted by atomic mass is 10.0. The molecule has 1 heterocycles. The number of nitrogens with one attached hydrogen (secondary N) is 1. The number of hydrogen-bond donors (Lipinski definition) is 2. The first kappa shape index (κ1) is 13.3. The Labute approximate surface area is 108 Å². The number of aliphatic carboxylic acids is 1. The Morgan fingerprint density at radius 3 is 2.74 bits per heavy atom. The average Bonchev–Trinajstić information content (AvgIpc) is 2.60. The molecule has 0 fully saturated rings. The van der Waals surface area contributed by atoms with Gasteiger partial charge in [0, 0.05) is 0 Å². The van der Waals surface area contributed by atoms with E-state index in [0.717, 1.165) is 0 Å². The van der Waals surface area contributed by atoms with Crippen LogP contribution in [0, 0.1) is 11.7 Å². The molecule has 102 valence electrons. The number of aromatic nitrogens is 2. The Morgan fingerprint density at radius 1 is 1.47 bits per heavy atom. The predicted octanol–water partition coefficient (Wildman–Crippen LogP) is 2.14. The number of H-pyrrole nitrogens is 1. The van der Waals surface area contributed by atoms with Crippen molar-refractivity contribution in [2.45, 2.75) is 26.3 Å². The minimum Gasteiger partial charge on any atom is -0.480 e. The van der Waals surface area contributed by atoms with Crippen molar-refractivity contribution in [3.8, 4) is 0 Å². The normalized spacial score (nSPS) is 13.1.